The van der Waals surface area contributed by atoms with Gasteiger partial charge in [0.1, 0.15) is 12.4 Å². The van der Waals surface area contributed by atoms with Crippen LogP contribution in [0.3, 0.4) is 0 Å². The molecule has 2 rings (SSSR count). The van der Waals surface area contributed by atoms with Gasteiger partial charge in [0.25, 0.3) is 0 Å². The molecule has 2 aromatic carbocycles. The van der Waals surface area contributed by atoms with Crippen molar-refractivity contribution >= 4 is 11.8 Å². The molecule has 0 aliphatic rings. The van der Waals surface area contributed by atoms with Gasteiger partial charge < -0.3 is 14.6 Å². The Kier molecular flexibility index (Phi) is 18.7. The summed E-state index contributed by atoms with van der Waals surface area (Å²) in [4.78, 5) is 27.4. The van der Waals surface area contributed by atoms with Crippen molar-refractivity contribution < 1.29 is 24.2 Å². The van der Waals surface area contributed by atoms with E-state index in [9.17, 15) is 14.7 Å². The van der Waals surface area contributed by atoms with Crippen LogP contribution in [0.2, 0.25) is 0 Å². The third-order valence-corrected chi connectivity index (χ3v) is 7.04. The maximum atomic E-state index is 13.1. The molecule has 0 heterocycles. The molecule has 0 fully saturated rings. The van der Waals surface area contributed by atoms with E-state index < -0.39 is 0 Å². The predicted molar refractivity (Wildman–Crippen MR) is 161 cm³/mol. The number of hydrogen-bond acceptors (Lipinski definition) is 6. The number of ketones is 1. The topological polar surface area (TPSA) is 76.1 Å². The Morgan fingerprint density at radius 1 is 0.750 bits per heavy atom. The van der Waals surface area contributed by atoms with Crippen LogP contribution in [0, 0.1) is 0 Å². The molecule has 0 aliphatic heterocycles. The van der Waals surface area contributed by atoms with E-state index in [1.54, 1.807) is 4.90 Å². The van der Waals surface area contributed by atoms with Crippen LogP contribution in [0.5, 0.6) is 0 Å². The molecular formula is C34H51NO5. The van der Waals surface area contributed by atoms with Gasteiger partial charge in [0.05, 0.1) is 25.8 Å². The van der Waals surface area contributed by atoms with Gasteiger partial charge in [-0.1, -0.05) is 125 Å². The minimum atomic E-state index is -0.374. The molecule has 1 atom stereocenters. The van der Waals surface area contributed by atoms with E-state index in [-0.39, 0.29) is 44.2 Å². The first-order valence-corrected chi connectivity index (χ1v) is 15.3. The Balaban J connectivity index is 1.82. The van der Waals surface area contributed by atoms with E-state index in [1.807, 2.05) is 60.7 Å². The minimum Gasteiger partial charge on any atom is -0.460 e. The second kappa shape index (κ2) is 22.2. The van der Waals surface area contributed by atoms with E-state index in [2.05, 4.69) is 6.92 Å². The maximum absolute atomic E-state index is 13.1. The van der Waals surface area contributed by atoms with Crippen LogP contribution in [0.1, 0.15) is 95.1 Å². The summed E-state index contributed by atoms with van der Waals surface area (Å²) >= 11 is 0. The Morgan fingerprint density at radius 2 is 1.32 bits per heavy atom. The quantitative estimate of drug-likeness (QED) is 0.113. The molecule has 0 saturated heterocycles. The highest BCUT2D eigenvalue weighted by Crippen LogP contribution is 2.16. The van der Waals surface area contributed by atoms with Gasteiger partial charge in [0, 0.05) is 19.6 Å². The van der Waals surface area contributed by atoms with Crippen molar-refractivity contribution in [2.45, 2.75) is 103 Å². The van der Waals surface area contributed by atoms with Crippen LogP contribution in [0.15, 0.2) is 60.7 Å². The van der Waals surface area contributed by atoms with Crippen LogP contribution in [0.4, 0.5) is 0 Å². The molecule has 222 valence electrons. The molecule has 0 amide bonds. The summed E-state index contributed by atoms with van der Waals surface area (Å²) in [5.74, 6) is -0.330. The van der Waals surface area contributed by atoms with Gasteiger partial charge in [-0.15, -0.1) is 0 Å². The van der Waals surface area contributed by atoms with E-state index >= 15 is 0 Å². The number of hydrogen-bond donors (Lipinski definition) is 1. The lowest BCUT2D eigenvalue weighted by atomic mass is 10.0. The molecule has 0 radical (unpaired) electrons. The van der Waals surface area contributed by atoms with Gasteiger partial charge in [-0.3, -0.25) is 14.5 Å². The van der Waals surface area contributed by atoms with E-state index in [0.717, 1.165) is 30.4 Å². The molecule has 2 aromatic rings. The molecule has 0 unspecified atom stereocenters. The Hall–Kier alpha value is -2.54. The van der Waals surface area contributed by atoms with Crippen molar-refractivity contribution in [2.24, 2.45) is 0 Å². The normalized spacial score (nSPS) is 12.0. The van der Waals surface area contributed by atoms with Crippen LogP contribution >= 0.6 is 0 Å². The molecule has 6 heteroatoms. The number of unbranched alkanes of at least 4 members (excludes halogenated alkanes) is 8. The second-order valence-corrected chi connectivity index (χ2v) is 10.7. The zero-order valence-corrected chi connectivity index (χ0v) is 24.6. The molecule has 0 saturated carbocycles. The highest BCUT2D eigenvalue weighted by atomic mass is 16.5. The molecule has 40 heavy (non-hydrogen) atoms. The Morgan fingerprint density at radius 3 is 1.93 bits per heavy atom. The van der Waals surface area contributed by atoms with Crippen molar-refractivity contribution in [3.05, 3.63) is 71.8 Å². The molecular weight excluding hydrogens is 502 g/mol. The van der Waals surface area contributed by atoms with E-state index in [0.29, 0.717) is 26.0 Å². The van der Waals surface area contributed by atoms with Crippen molar-refractivity contribution in [3.63, 3.8) is 0 Å². The maximum Gasteiger partial charge on any atom is 0.320 e. The fourth-order valence-corrected chi connectivity index (χ4v) is 4.76. The summed E-state index contributed by atoms with van der Waals surface area (Å²) in [6.45, 7) is 3.55. The summed E-state index contributed by atoms with van der Waals surface area (Å²) in [6, 6.07) is 19.6. The summed E-state index contributed by atoms with van der Waals surface area (Å²) in [6.07, 6.45) is 12.8. The molecule has 0 bridgehead atoms. The third-order valence-electron chi connectivity index (χ3n) is 7.04. The monoisotopic (exact) mass is 553 g/mol. The summed E-state index contributed by atoms with van der Waals surface area (Å²) < 4.78 is 11.7. The van der Waals surface area contributed by atoms with E-state index in [1.165, 1.54) is 44.9 Å². The minimum absolute atomic E-state index is 0.00513. The van der Waals surface area contributed by atoms with Gasteiger partial charge in [-0.25, -0.2) is 0 Å². The number of Topliss-reactive ketones (excluding diaryl/α,β-unsaturated/α-hetero) is 1. The molecule has 6 nitrogen and oxygen atoms in total. The average molecular weight is 554 g/mol. The standard InChI is InChI=1S/C34H51NO5/c1-2-3-4-5-6-7-8-9-16-22-33(39-28-30-18-12-10-13-19-30)25-32(37)26-35(23-17-24-36)27-34(38)40-29-31-20-14-11-15-21-31/h10-15,18-21,33,36H,2-9,16-17,22-29H2,1H3/t33-/m1/s1. The smallest absolute Gasteiger partial charge is 0.320 e. The fourth-order valence-electron chi connectivity index (χ4n) is 4.76. The van der Waals surface area contributed by atoms with Crippen molar-refractivity contribution in [1.82, 2.24) is 4.90 Å². The number of aliphatic hydroxyl groups excluding tert-OH is 1. The summed E-state index contributed by atoms with van der Waals surface area (Å²) in [7, 11) is 0. The number of aliphatic hydroxyl groups is 1. The van der Waals surface area contributed by atoms with Crippen molar-refractivity contribution in [3.8, 4) is 0 Å². The Labute approximate surface area is 242 Å². The van der Waals surface area contributed by atoms with E-state index in [4.69, 9.17) is 9.47 Å². The lowest BCUT2D eigenvalue weighted by Gasteiger charge is -2.22. The first-order chi connectivity index (χ1) is 19.6. The summed E-state index contributed by atoms with van der Waals surface area (Å²) in [5, 5.41) is 9.32. The van der Waals surface area contributed by atoms with Gasteiger partial charge in [-0.05, 0) is 24.0 Å². The van der Waals surface area contributed by atoms with Crippen LogP contribution in [-0.2, 0) is 32.3 Å². The fraction of sp³-hybridized carbons (Fsp3) is 0.588. The highest BCUT2D eigenvalue weighted by Gasteiger charge is 2.20. The van der Waals surface area contributed by atoms with Crippen LogP contribution < -0.4 is 0 Å². The molecule has 1 N–H and O–H groups in total. The van der Waals surface area contributed by atoms with Gasteiger partial charge in [0.15, 0.2) is 0 Å². The van der Waals surface area contributed by atoms with Crippen molar-refractivity contribution in [1.29, 1.82) is 0 Å². The molecule has 0 spiro atoms. The number of ether oxygens (including phenoxy) is 2. The number of carbonyl (C=O) groups is 2. The number of carbonyl (C=O) groups excluding carboxylic acids is 2. The first-order valence-electron chi connectivity index (χ1n) is 15.3. The zero-order chi connectivity index (χ0) is 28.7. The highest BCUT2D eigenvalue weighted by molar-refractivity contribution is 5.81. The predicted octanol–water partition coefficient (Wildman–Crippen LogP) is 6.88. The molecule has 0 aromatic heterocycles. The summed E-state index contributed by atoms with van der Waals surface area (Å²) in [5.41, 5.74) is 2.02. The zero-order valence-electron chi connectivity index (χ0n) is 24.6. The second-order valence-electron chi connectivity index (χ2n) is 10.7. The number of rotatable bonds is 24. The lowest BCUT2D eigenvalue weighted by molar-refractivity contribution is -0.146. The van der Waals surface area contributed by atoms with Gasteiger partial charge in [0.2, 0.25) is 0 Å². The number of nitrogens with zero attached hydrogens (tertiary/aromatic N) is 1. The number of benzene rings is 2. The third kappa shape index (κ3) is 16.5. The van der Waals surface area contributed by atoms with Crippen LogP contribution in [0.25, 0.3) is 0 Å². The SMILES string of the molecule is CCCCCCCCCCC[C@H](CC(=O)CN(CCCO)CC(=O)OCc1ccccc1)OCc1ccccc1. The number of esters is 1. The van der Waals surface area contributed by atoms with Crippen molar-refractivity contribution in [2.75, 3.05) is 26.2 Å². The molecule has 0 aliphatic carbocycles. The van der Waals surface area contributed by atoms with Crippen LogP contribution in [-0.4, -0.2) is 54.1 Å². The largest absolute Gasteiger partial charge is 0.460 e. The first kappa shape index (κ1) is 33.7. The lowest BCUT2D eigenvalue weighted by Crippen LogP contribution is -2.37. The Bertz CT molecular complexity index is 905. The van der Waals surface area contributed by atoms with Gasteiger partial charge >= 0.3 is 5.97 Å². The average Bonchev–Trinajstić information content (AvgIpc) is 2.97. The van der Waals surface area contributed by atoms with Gasteiger partial charge in [-0.2, -0.15) is 0 Å².